The summed E-state index contributed by atoms with van der Waals surface area (Å²) in [6, 6.07) is 16.1. The summed E-state index contributed by atoms with van der Waals surface area (Å²) in [6.45, 7) is 1.71. The molecule has 1 N–H and O–H groups in total. The number of carbonyl (C=O) groups is 1. The topological polar surface area (TPSA) is 84.9 Å². The first-order valence-corrected chi connectivity index (χ1v) is 8.13. The van der Waals surface area contributed by atoms with E-state index in [0.717, 1.165) is 16.6 Å². The second kappa shape index (κ2) is 6.40. The van der Waals surface area contributed by atoms with E-state index in [1.54, 1.807) is 30.3 Å². The number of H-pyrrole nitrogens is 1. The number of nitrogens with one attached hydrogen (secondary N) is 1. The third-order valence-electron chi connectivity index (χ3n) is 4.07. The number of benzene rings is 2. The molecule has 2 heterocycles. The molecular weight excluding hydrogens is 330 g/mol. The van der Waals surface area contributed by atoms with Gasteiger partial charge in [-0.1, -0.05) is 30.3 Å². The van der Waals surface area contributed by atoms with Crippen LogP contribution in [0.15, 0.2) is 59.4 Å². The Morgan fingerprint density at radius 1 is 1.00 bits per heavy atom. The fourth-order valence-corrected chi connectivity index (χ4v) is 2.89. The molecule has 0 bridgehead atoms. The van der Waals surface area contributed by atoms with Crippen molar-refractivity contribution in [2.45, 2.75) is 13.5 Å². The van der Waals surface area contributed by atoms with Crippen molar-refractivity contribution in [2.75, 3.05) is 0 Å². The molecule has 6 heteroatoms. The van der Waals surface area contributed by atoms with Gasteiger partial charge in [-0.3, -0.25) is 9.78 Å². The van der Waals surface area contributed by atoms with Gasteiger partial charge in [0.1, 0.15) is 12.4 Å². The summed E-state index contributed by atoms with van der Waals surface area (Å²) in [5.74, 6) is -0.181. The average Bonchev–Trinajstić information content (AvgIpc) is 2.65. The van der Waals surface area contributed by atoms with Gasteiger partial charge in [-0.15, -0.1) is 0 Å². The van der Waals surface area contributed by atoms with Crippen molar-refractivity contribution >= 4 is 27.8 Å². The average molecular weight is 345 g/mol. The number of pyridine rings is 1. The van der Waals surface area contributed by atoms with Crippen LogP contribution in [-0.2, 0) is 11.3 Å². The van der Waals surface area contributed by atoms with Gasteiger partial charge in [-0.2, -0.15) is 0 Å². The Morgan fingerprint density at radius 3 is 2.42 bits per heavy atom. The number of esters is 1. The molecule has 0 aliphatic rings. The molecule has 0 radical (unpaired) electrons. The minimum absolute atomic E-state index is 0.116. The highest BCUT2D eigenvalue weighted by molar-refractivity contribution is 6.03. The van der Waals surface area contributed by atoms with Crippen LogP contribution in [0.4, 0.5) is 0 Å². The van der Waals surface area contributed by atoms with Crippen molar-refractivity contribution in [2.24, 2.45) is 0 Å². The predicted molar refractivity (Wildman–Crippen MR) is 98.0 cm³/mol. The van der Waals surface area contributed by atoms with E-state index < -0.39 is 5.97 Å². The number of carbonyl (C=O) groups excluding carboxylic acids is 1. The first-order valence-electron chi connectivity index (χ1n) is 8.13. The zero-order valence-electron chi connectivity index (χ0n) is 14.0. The fourth-order valence-electron chi connectivity index (χ4n) is 2.89. The van der Waals surface area contributed by atoms with Crippen molar-refractivity contribution in [1.29, 1.82) is 0 Å². The van der Waals surface area contributed by atoms with Crippen LogP contribution in [0.3, 0.4) is 0 Å². The van der Waals surface area contributed by atoms with Crippen LogP contribution < -0.4 is 5.56 Å². The molecule has 2 aromatic heterocycles. The monoisotopic (exact) mass is 345 g/mol. The molecular formula is C20H15N3O3. The van der Waals surface area contributed by atoms with Gasteiger partial charge in [0.2, 0.25) is 0 Å². The molecule has 128 valence electrons. The summed E-state index contributed by atoms with van der Waals surface area (Å²) in [5.41, 5.74) is 2.21. The molecule has 0 spiro atoms. The maximum absolute atomic E-state index is 12.6. The molecule has 0 unspecified atom stereocenters. The van der Waals surface area contributed by atoms with Crippen LogP contribution in [0.1, 0.15) is 21.9 Å². The molecule has 0 aliphatic heterocycles. The van der Waals surface area contributed by atoms with Crippen LogP contribution in [-0.4, -0.2) is 20.9 Å². The van der Waals surface area contributed by atoms with E-state index in [1.165, 1.54) is 0 Å². The van der Waals surface area contributed by atoms with Gasteiger partial charge >= 0.3 is 5.97 Å². The Labute approximate surface area is 148 Å². The normalized spacial score (nSPS) is 11.0. The molecule has 0 amide bonds. The number of hydrogen-bond donors (Lipinski definition) is 1. The minimum atomic E-state index is -0.484. The Bertz CT molecular complexity index is 1200. The largest absolute Gasteiger partial charge is 0.454 e. The van der Waals surface area contributed by atoms with Crippen molar-refractivity contribution in [1.82, 2.24) is 15.0 Å². The lowest BCUT2D eigenvalue weighted by Crippen LogP contribution is -2.14. The van der Waals surface area contributed by atoms with Gasteiger partial charge < -0.3 is 9.72 Å². The lowest BCUT2D eigenvalue weighted by molar-refractivity contribution is 0.0464. The quantitative estimate of drug-likeness (QED) is 0.577. The van der Waals surface area contributed by atoms with Crippen molar-refractivity contribution in [3.63, 3.8) is 0 Å². The Hall–Kier alpha value is -3.54. The second-order valence-electron chi connectivity index (χ2n) is 5.93. The highest BCUT2D eigenvalue weighted by atomic mass is 16.5. The van der Waals surface area contributed by atoms with E-state index in [0.29, 0.717) is 22.3 Å². The molecule has 0 saturated heterocycles. The molecule has 4 aromatic rings. The summed E-state index contributed by atoms with van der Waals surface area (Å²) < 4.78 is 5.38. The Morgan fingerprint density at radius 2 is 1.65 bits per heavy atom. The summed E-state index contributed by atoms with van der Waals surface area (Å²) in [7, 11) is 0. The van der Waals surface area contributed by atoms with E-state index >= 15 is 0 Å². The van der Waals surface area contributed by atoms with E-state index in [1.807, 2.05) is 31.2 Å². The van der Waals surface area contributed by atoms with Crippen LogP contribution in [0.5, 0.6) is 0 Å². The van der Waals surface area contributed by atoms with E-state index in [-0.39, 0.29) is 12.2 Å². The minimum Gasteiger partial charge on any atom is -0.454 e. The number of rotatable bonds is 3. The van der Waals surface area contributed by atoms with Crippen LogP contribution in [0, 0.1) is 6.92 Å². The molecule has 4 rings (SSSR count). The number of aromatic amines is 1. The molecule has 0 atom stereocenters. The van der Waals surface area contributed by atoms with Gasteiger partial charge in [0.15, 0.2) is 0 Å². The standard InChI is InChI=1S/C20H15N3O3/c1-12-10-15(13-6-2-4-8-16(13)21-12)20(25)26-11-18-22-17-9-5-3-7-14(17)19(24)23-18/h2-10H,11H2,1H3,(H,22,23,24). The Balaban J connectivity index is 1.63. The number of nitrogens with zero attached hydrogens (tertiary/aromatic N) is 2. The van der Waals surface area contributed by atoms with Crippen molar-refractivity contribution < 1.29 is 9.53 Å². The smallest absolute Gasteiger partial charge is 0.339 e. The third-order valence-corrected chi connectivity index (χ3v) is 4.07. The maximum Gasteiger partial charge on any atom is 0.339 e. The highest BCUT2D eigenvalue weighted by Crippen LogP contribution is 2.19. The lowest BCUT2D eigenvalue weighted by atomic mass is 10.1. The van der Waals surface area contributed by atoms with E-state index in [9.17, 15) is 9.59 Å². The van der Waals surface area contributed by atoms with Crippen LogP contribution in [0.2, 0.25) is 0 Å². The summed E-state index contributed by atoms with van der Waals surface area (Å²) in [5, 5.41) is 1.22. The highest BCUT2D eigenvalue weighted by Gasteiger charge is 2.14. The second-order valence-corrected chi connectivity index (χ2v) is 5.93. The van der Waals surface area contributed by atoms with Crippen molar-refractivity contribution in [3.05, 3.63) is 82.0 Å². The van der Waals surface area contributed by atoms with Gasteiger partial charge in [-0.25, -0.2) is 9.78 Å². The van der Waals surface area contributed by atoms with Gasteiger partial charge in [0, 0.05) is 11.1 Å². The fraction of sp³-hybridized carbons (Fsp3) is 0.100. The SMILES string of the molecule is Cc1cc(C(=O)OCc2nc3ccccc3c(=O)[nH]2)c2ccccc2n1. The summed E-state index contributed by atoms with van der Waals surface area (Å²) >= 11 is 0. The molecule has 0 saturated carbocycles. The molecule has 6 nitrogen and oxygen atoms in total. The zero-order chi connectivity index (χ0) is 18.1. The molecule has 0 aliphatic carbocycles. The van der Waals surface area contributed by atoms with Gasteiger partial charge in [0.05, 0.1) is 22.0 Å². The summed E-state index contributed by atoms with van der Waals surface area (Å²) in [4.78, 5) is 36.1. The number of ether oxygens (including phenoxy) is 1. The molecule has 0 fully saturated rings. The zero-order valence-corrected chi connectivity index (χ0v) is 14.0. The molecule has 26 heavy (non-hydrogen) atoms. The first kappa shape index (κ1) is 16.0. The number of para-hydroxylation sites is 2. The van der Waals surface area contributed by atoms with Gasteiger partial charge in [-0.05, 0) is 31.2 Å². The van der Waals surface area contributed by atoms with Gasteiger partial charge in [0.25, 0.3) is 5.56 Å². The van der Waals surface area contributed by atoms with Crippen molar-refractivity contribution in [3.8, 4) is 0 Å². The van der Waals surface area contributed by atoms with Crippen LogP contribution in [0.25, 0.3) is 21.8 Å². The third kappa shape index (κ3) is 2.93. The summed E-state index contributed by atoms with van der Waals surface area (Å²) in [6.07, 6.45) is 0. The lowest BCUT2D eigenvalue weighted by Gasteiger charge is -2.08. The predicted octanol–water partition coefficient (Wildman–Crippen LogP) is 3.14. The molecule has 2 aromatic carbocycles. The first-order chi connectivity index (χ1) is 12.6. The maximum atomic E-state index is 12.6. The number of aryl methyl sites for hydroxylation is 1. The number of fused-ring (bicyclic) bond motifs is 2. The Kier molecular flexibility index (Phi) is 3.93. The number of aromatic nitrogens is 3. The number of hydrogen-bond acceptors (Lipinski definition) is 5. The van der Waals surface area contributed by atoms with Crippen LogP contribution >= 0.6 is 0 Å². The van der Waals surface area contributed by atoms with E-state index in [2.05, 4.69) is 15.0 Å². The van der Waals surface area contributed by atoms with E-state index in [4.69, 9.17) is 4.74 Å².